The summed E-state index contributed by atoms with van der Waals surface area (Å²) in [6.07, 6.45) is -4.10. The standard InChI is InChI=1S/C16H14F3N5O5S2/c1-29-23-8(7-5-31-15(20)21-7)11(25)22-9-12(26)24-10(14(27)28)6(4-30-13(9)24)2-3-16(17,18)19/h2-3,5,9,13H,4H2,1H3,(H2,20,21)(H,22,25)(H,27,28)/t9?,13-/m1/s1. The van der Waals surface area contributed by atoms with Crippen LogP contribution < -0.4 is 11.1 Å². The van der Waals surface area contributed by atoms with Gasteiger partial charge in [0.15, 0.2) is 10.8 Å². The molecule has 2 amide bonds. The second-order valence-corrected chi connectivity index (χ2v) is 8.10. The van der Waals surface area contributed by atoms with Gasteiger partial charge in [-0.15, -0.1) is 23.1 Å². The Hall–Kier alpha value is -3.07. The Morgan fingerprint density at radius 2 is 2.19 bits per heavy atom. The number of amides is 2. The number of carboxylic acids is 1. The number of halogens is 3. The lowest BCUT2D eigenvalue weighted by Crippen LogP contribution is -2.71. The van der Waals surface area contributed by atoms with Crippen molar-refractivity contribution in [3.63, 3.8) is 0 Å². The van der Waals surface area contributed by atoms with Crippen molar-refractivity contribution in [2.75, 3.05) is 18.6 Å². The zero-order valence-corrected chi connectivity index (χ0v) is 17.2. The van der Waals surface area contributed by atoms with Crippen LogP contribution in [0.1, 0.15) is 5.69 Å². The van der Waals surface area contributed by atoms with Gasteiger partial charge in [-0.2, -0.15) is 13.2 Å². The number of carbonyl (C=O) groups is 3. The first-order valence-corrected chi connectivity index (χ1v) is 10.3. The molecule has 2 aliphatic rings. The fourth-order valence-corrected chi connectivity index (χ4v) is 4.73. The Morgan fingerprint density at radius 1 is 1.48 bits per heavy atom. The number of hydrogen-bond donors (Lipinski definition) is 3. The van der Waals surface area contributed by atoms with Crippen molar-refractivity contribution in [1.82, 2.24) is 15.2 Å². The smallest absolute Gasteiger partial charge is 0.409 e. The van der Waals surface area contributed by atoms with Crippen LogP contribution in [-0.4, -0.2) is 68.9 Å². The van der Waals surface area contributed by atoms with E-state index in [1.54, 1.807) is 0 Å². The van der Waals surface area contributed by atoms with Crippen LogP contribution in [-0.2, 0) is 19.2 Å². The summed E-state index contributed by atoms with van der Waals surface area (Å²) in [5.41, 5.74) is 4.70. The summed E-state index contributed by atoms with van der Waals surface area (Å²) in [6, 6.07) is -1.11. The molecule has 0 aromatic carbocycles. The van der Waals surface area contributed by atoms with E-state index in [0.717, 1.165) is 28.0 Å². The largest absolute Gasteiger partial charge is 0.477 e. The second-order valence-electron chi connectivity index (χ2n) is 6.11. The average molecular weight is 477 g/mol. The van der Waals surface area contributed by atoms with Gasteiger partial charge in [0.2, 0.25) is 0 Å². The van der Waals surface area contributed by atoms with Crippen LogP contribution in [0.25, 0.3) is 0 Å². The van der Waals surface area contributed by atoms with Gasteiger partial charge in [-0.1, -0.05) is 11.2 Å². The summed E-state index contributed by atoms with van der Waals surface area (Å²) >= 11 is 2.07. The van der Waals surface area contributed by atoms with Crippen LogP contribution in [0.3, 0.4) is 0 Å². The lowest BCUT2D eigenvalue weighted by molar-refractivity contribution is -0.150. The van der Waals surface area contributed by atoms with Crippen LogP contribution in [0.2, 0.25) is 0 Å². The Balaban J connectivity index is 1.81. The highest BCUT2D eigenvalue weighted by Gasteiger charge is 2.54. The molecule has 15 heteroatoms. The highest BCUT2D eigenvalue weighted by atomic mass is 32.2. The van der Waals surface area contributed by atoms with E-state index < -0.39 is 41.1 Å². The second kappa shape index (κ2) is 8.58. The maximum absolute atomic E-state index is 12.6. The maximum Gasteiger partial charge on any atom is 0.409 e. The van der Waals surface area contributed by atoms with E-state index in [-0.39, 0.29) is 33.9 Å². The summed E-state index contributed by atoms with van der Waals surface area (Å²) in [7, 11) is 1.20. The number of alkyl halides is 3. The molecule has 31 heavy (non-hydrogen) atoms. The van der Waals surface area contributed by atoms with E-state index in [9.17, 15) is 32.7 Å². The van der Waals surface area contributed by atoms with Gasteiger partial charge in [0, 0.05) is 17.2 Å². The van der Waals surface area contributed by atoms with Crippen LogP contribution in [0.4, 0.5) is 18.3 Å². The first kappa shape index (κ1) is 22.6. The number of thioether (sulfide) groups is 1. The minimum atomic E-state index is -4.64. The number of carbonyl (C=O) groups excluding carboxylic acids is 2. The molecule has 3 heterocycles. The number of aliphatic carboxylic acids is 1. The number of hydrogen-bond acceptors (Lipinski definition) is 9. The van der Waals surface area contributed by atoms with E-state index in [1.165, 1.54) is 12.5 Å². The number of fused-ring (bicyclic) bond motifs is 1. The molecule has 0 aliphatic carbocycles. The summed E-state index contributed by atoms with van der Waals surface area (Å²) < 4.78 is 37.4. The molecule has 1 unspecified atom stereocenters. The number of nitrogen functional groups attached to an aromatic ring is 1. The third-order valence-electron chi connectivity index (χ3n) is 4.12. The molecule has 1 aromatic rings. The van der Waals surface area contributed by atoms with Crippen molar-refractivity contribution in [3.05, 3.63) is 34.5 Å². The predicted octanol–water partition coefficient (Wildman–Crippen LogP) is 0.933. The molecule has 4 N–H and O–H groups in total. The number of allylic oxidation sites excluding steroid dienone is 2. The fraction of sp³-hybridized carbons (Fsp3) is 0.312. The first-order valence-electron chi connectivity index (χ1n) is 8.34. The van der Waals surface area contributed by atoms with Gasteiger partial charge < -0.3 is 21.0 Å². The molecule has 10 nitrogen and oxygen atoms in total. The van der Waals surface area contributed by atoms with Crippen molar-refractivity contribution in [2.45, 2.75) is 17.6 Å². The van der Waals surface area contributed by atoms with Gasteiger partial charge in [-0.3, -0.25) is 14.5 Å². The SMILES string of the molecule is CON=C(C(=O)NC1C(=O)N2C(C(=O)O)=C(C=CC(F)(F)F)CS[C@H]12)c1csc(N)n1. The van der Waals surface area contributed by atoms with Gasteiger partial charge in [0.05, 0.1) is 0 Å². The van der Waals surface area contributed by atoms with E-state index in [0.29, 0.717) is 6.08 Å². The van der Waals surface area contributed by atoms with E-state index in [4.69, 9.17) is 5.73 Å². The monoisotopic (exact) mass is 477 g/mol. The Labute approximate surface area is 180 Å². The normalized spacial score (nSPS) is 21.7. The van der Waals surface area contributed by atoms with Gasteiger partial charge in [0.1, 0.15) is 29.9 Å². The third-order valence-corrected chi connectivity index (χ3v) is 6.10. The lowest BCUT2D eigenvalue weighted by Gasteiger charge is -2.49. The minimum absolute atomic E-state index is 0.0945. The van der Waals surface area contributed by atoms with Crippen molar-refractivity contribution >= 4 is 51.7 Å². The van der Waals surface area contributed by atoms with Gasteiger partial charge in [-0.25, -0.2) is 9.78 Å². The number of nitrogens with one attached hydrogen (secondary N) is 1. The number of nitrogens with two attached hydrogens (primary N) is 1. The quantitative estimate of drug-likeness (QED) is 0.312. The molecule has 3 rings (SSSR count). The molecular formula is C16H14F3N5O5S2. The van der Waals surface area contributed by atoms with E-state index >= 15 is 0 Å². The first-order chi connectivity index (χ1) is 14.5. The number of thiazole rings is 1. The van der Waals surface area contributed by atoms with Crippen LogP contribution in [0.5, 0.6) is 0 Å². The summed E-state index contributed by atoms with van der Waals surface area (Å²) in [6.45, 7) is 0. The fourth-order valence-electron chi connectivity index (χ4n) is 2.87. The van der Waals surface area contributed by atoms with Crippen molar-refractivity contribution in [3.8, 4) is 0 Å². The van der Waals surface area contributed by atoms with Crippen LogP contribution in [0, 0.1) is 0 Å². The van der Waals surface area contributed by atoms with Crippen LogP contribution >= 0.6 is 23.1 Å². The number of β-lactam (4-membered cyclic amide) rings is 1. The summed E-state index contributed by atoms with van der Waals surface area (Å²) in [4.78, 5) is 46.2. The molecule has 0 bridgehead atoms. The van der Waals surface area contributed by atoms with Crippen LogP contribution in [0.15, 0.2) is 34.0 Å². The number of aromatic nitrogens is 1. The number of anilines is 1. The molecule has 0 saturated carbocycles. The lowest BCUT2D eigenvalue weighted by atomic mass is 10.0. The zero-order chi connectivity index (χ0) is 22.9. The molecule has 2 atom stereocenters. The molecule has 2 aliphatic heterocycles. The van der Waals surface area contributed by atoms with E-state index in [1.807, 2.05) is 0 Å². The average Bonchev–Trinajstić information content (AvgIpc) is 3.12. The van der Waals surface area contributed by atoms with Crippen molar-refractivity contribution < 1.29 is 37.5 Å². The molecule has 1 fully saturated rings. The summed E-state index contributed by atoms with van der Waals surface area (Å²) in [5.74, 6) is -3.24. The number of carboxylic acid groups (broad SMARTS) is 1. The number of nitrogens with zero attached hydrogens (tertiary/aromatic N) is 3. The zero-order valence-electron chi connectivity index (χ0n) is 15.5. The topological polar surface area (TPSA) is 147 Å². The molecule has 1 aromatic heterocycles. The molecular weight excluding hydrogens is 463 g/mol. The van der Waals surface area contributed by atoms with Crippen molar-refractivity contribution in [1.29, 1.82) is 0 Å². The van der Waals surface area contributed by atoms with E-state index in [2.05, 4.69) is 20.3 Å². The molecule has 1 saturated heterocycles. The Bertz CT molecular complexity index is 1020. The predicted molar refractivity (Wildman–Crippen MR) is 105 cm³/mol. The Kier molecular flexibility index (Phi) is 6.26. The van der Waals surface area contributed by atoms with Gasteiger partial charge in [0.25, 0.3) is 11.8 Å². The van der Waals surface area contributed by atoms with Gasteiger partial charge in [-0.05, 0) is 5.57 Å². The molecule has 166 valence electrons. The highest BCUT2D eigenvalue weighted by Crippen LogP contribution is 2.41. The Morgan fingerprint density at radius 3 is 2.74 bits per heavy atom. The minimum Gasteiger partial charge on any atom is -0.477 e. The van der Waals surface area contributed by atoms with Gasteiger partial charge >= 0.3 is 12.1 Å². The van der Waals surface area contributed by atoms with Crippen molar-refractivity contribution in [2.24, 2.45) is 5.16 Å². The summed E-state index contributed by atoms with van der Waals surface area (Å²) in [5, 5.41) is 16.3. The maximum atomic E-state index is 12.6. The molecule has 0 radical (unpaired) electrons. The number of oxime groups is 1. The number of rotatable bonds is 6. The third kappa shape index (κ3) is 4.66. The highest BCUT2D eigenvalue weighted by molar-refractivity contribution is 8.00. The molecule has 0 spiro atoms.